The number of hydrogen-bond acceptors (Lipinski definition) is 7. The van der Waals surface area contributed by atoms with Crippen LogP contribution in [0.5, 0.6) is 0 Å². The van der Waals surface area contributed by atoms with E-state index < -0.39 is 0 Å². The van der Waals surface area contributed by atoms with Crippen molar-refractivity contribution in [1.29, 1.82) is 0 Å². The lowest BCUT2D eigenvalue weighted by Gasteiger charge is -2.30. The number of carbonyl (C=O) groups excluding carboxylic acids is 2. The summed E-state index contributed by atoms with van der Waals surface area (Å²) in [7, 11) is 0. The summed E-state index contributed by atoms with van der Waals surface area (Å²) in [5.74, 6) is 1.07. The quantitative estimate of drug-likeness (QED) is 0.760. The molecule has 4 heterocycles. The minimum atomic E-state index is -0.216. The Labute approximate surface area is 161 Å². The molecule has 3 saturated heterocycles. The van der Waals surface area contributed by atoms with Gasteiger partial charge in [0.15, 0.2) is 0 Å². The molecule has 0 radical (unpaired) electrons. The van der Waals surface area contributed by atoms with Crippen LogP contribution >= 0.6 is 11.3 Å². The lowest BCUT2D eigenvalue weighted by atomic mass is 9.73. The van der Waals surface area contributed by atoms with Crippen LogP contribution in [-0.4, -0.2) is 58.3 Å². The van der Waals surface area contributed by atoms with Gasteiger partial charge >= 0.3 is 0 Å². The highest BCUT2D eigenvalue weighted by atomic mass is 32.1. The number of nitrogens with two attached hydrogens (primary N) is 1. The number of carbonyl (C=O) groups is 2. The fourth-order valence-corrected chi connectivity index (χ4v) is 5.87. The fourth-order valence-electron chi connectivity index (χ4n) is 5.27. The molecule has 2 amide bonds. The highest BCUT2D eigenvalue weighted by Gasteiger charge is 2.63. The van der Waals surface area contributed by atoms with Gasteiger partial charge in [0.2, 0.25) is 16.9 Å². The molecule has 0 aromatic carbocycles. The third kappa shape index (κ3) is 2.91. The molecule has 3 aliphatic heterocycles. The van der Waals surface area contributed by atoms with Crippen LogP contribution in [0.2, 0.25) is 0 Å². The molecule has 4 fully saturated rings. The molecule has 4 aliphatic rings. The highest BCUT2D eigenvalue weighted by molar-refractivity contribution is 7.15. The molecule has 1 saturated carbocycles. The van der Waals surface area contributed by atoms with E-state index in [1.807, 2.05) is 4.90 Å². The Balaban J connectivity index is 1.23. The number of rotatable bonds is 5. The van der Waals surface area contributed by atoms with E-state index >= 15 is 0 Å². The molecule has 4 atom stereocenters. The van der Waals surface area contributed by atoms with Gasteiger partial charge in [0, 0.05) is 30.8 Å². The first-order valence-corrected chi connectivity index (χ1v) is 10.7. The first-order valence-electron chi connectivity index (χ1n) is 9.85. The summed E-state index contributed by atoms with van der Waals surface area (Å²) in [6, 6.07) is 0. The Morgan fingerprint density at radius 3 is 2.89 bits per heavy atom. The van der Waals surface area contributed by atoms with Gasteiger partial charge in [-0.3, -0.25) is 9.59 Å². The molecule has 1 aliphatic carbocycles. The van der Waals surface area contributed by atoms with Gasteiger partial charge in [-0.2, -0.15) is 0 Å². The van der Waals surface area contributed by atoms with Crippen molar-refractivity contribution in [2.24, 2.45) is 17.8 Å². The normalized spacial score (nSPS) is 34.5. The third-order valence-electron chi connectivity index (χ3n) is 6.91. The molecule has 1 aromatic heterocycles. The summed E-state index contributed by atoms with van der Waals surface area (Å²) in [5, 5.41) is 11.9. The molecule has 146 valence electrons. The van der Waals surface area contributed by atoms with E-state index in [1.165, 1.54) is 11.3 Å². The van der Waals surface area contributed by atoms with Crippen LogP contribution in [0, 0.1) is 17.8 Å². The molecule has 2 bridgehead atoms. The summed E-state index contributed by atoms with van der Waals surface area (Å²) in [6.45, 7) is 2.02. The summed E-state index contributed by atoms with van der Waals surface area (Å²) >= 11 is 1.26. The Hall–Kier alpha value is -1.74. The van der Waals surface area contributed by atoms with Crippen molar-refractivity contribution in [3.63, 3.8) is 0 Å². The van der Waals surface area contributed by atoms with Gasteiger partial charge in [0.05, 0.1) is 24.7 Å². The molecule has 3 N–H and O–H groups in total. The lowest BCUT2D eigenvalue weighted by Crippen LogP contribution is -2.44. The number of likely N-dealkylation sites (tertiary alicyclic amines) is 1. The van der Waals surface area contributed by atoms with Crippen LogP contribution in [0.3, 0.4) is 0 Å². The first kappa shape index (κ1) is 17.4. The molecule has 8 nitrogen and oxygen atoms in total. The van der Waals surface area contributed by atoms with Crippen LogP contribution in [0.1, 0.15) is 37.1 Å². The lowest BCUT2D eigenvalue weighted by molar-refractivity contribution is -0.131. The van der Waals surface area contributed by atoms with Crippen molar-refractivity contribution in [1.82, 2.24) is 20.4 Å². The topological polar surface area (TPSA) is 110 Å². The molecule has 27 heavy (non-hydrogen) atoms. The predicted molar refractivity (Wildman–Crippen MR) is 98.8 cm³/mol. The molecule has 1 aromatic rings. The molecular formula is C18H25N5O3S. The van der Waals surface area contributed by atoms with E-state index in [0.29, 0.717) is 41.6 Å². The Kier molecular flexibility index (Phi) is 4.12. The molecule has 1 spiro atoms. The maximum Gasteiger partial charge on any atom is 0.229 e. The van der Waals surface area contributed by atoms with Gasteiger partial charge in [-0.25, -0.2) is 0 Å². The standard InChI is InChI=1S/C18H25N5O3S/c19-17-22-21-14(27-17)6-15(24)23-8-12-11(7-20-16(25)10-2-1-3-10)13-4-5-18(12,9-23)26-13/h10-13H,1-9H2,(H2,19,22)(H,20,25)/t11-,12+,13+,18+/m0/s1. The summed E-state index contributed by atoms with van der Waals surface area (Å²) in [6.07, 6.45) is 5.68. The fraction of sp³-hybridized carbons (Fsp3) is 0.778. The minimum absolute atomic E-state index is 0.0548. The Bertz CT molecular complexity index is 766. The maximum atomic E-state index is 12.7. The van der Waals surface area contributed by atoms with Crippen LogP contribution in [0.25, 0.3) is 0 Å². The number of aromatic nitrogens is 2. The minimum Gasteiger partial charge on any atom is -0.374 e. The molecular weight excluding hydrogens is 366 g/mol. The van der Waals surface area contributed by atoms with Crippen molar-refractivity contribution in [2.75, 3.05) is 25.4 Å². The van der Waals surface area contributed by atoms with Gasteiger partial charge in [0.25, 0.3) is 0 Å². The zero-order valence-electron chi connectivity index (χ0n) is 15.2. The first-order chi connectivity index (χ1) is 13.0. The summed E-state index contributed by atoms with van der Waals surface area (Å²) in [5.41, 5.74) is 5.39. The summed E-state index contributed by atoms with van der Waals surface area (Å²) in [4.78, 5) is 26.9. The second-order valence-electron chi connectivity index (χ2n) is 8.39. The zero-order chi connectivity index (χ0) is 18.6. The van der Waals surface area contributed by atoms with E-state index in [-0.39, 0.29) is 35.9 Å². The number of nitrogens with zero attached hydrogens (tertiary/aromatic N) is 3. The van der Waals surface area contributed by atoms with E-state index in [0.717, 1.165) is 32.1 Å². The smallest absolute Gasteiger partial charge is 0.229 e. The second-order valence-corrected chi connectivity index (χ2v) is 9.48. The van der Waals surface area contributed by atoms with Crippen molar-refractivity contribution in [3.8, 4) is 0 Å². The highest BCUT2D eigenvalue weighted by Crippen LogP contribution is 2.54. The SMILES string of the molecule is Nc1nnc(CC(=O)N2C[C@@H]3[C@H](CNC(=O)C4CCC4)[C@H]4CC[C@]3(C2)O4)s1. The van der Waals surface area contributed by atoms with Gasteiger partial charge in [-0.15, -0.1) is 10.2 Å². The van der Waals surface area contributed by atoms with Crippen molar-refractivity contribution in [2.45, 2.75) is 50.2 Å². The largest absolute Gasteiger partial charge is 0.374 e. The second kappa shape index (κ2) is 6.41. The number of nitrogens with one attached hydrogen (secondary N) is 1. The number of ether oxygens (including phenoxy) is 1. The monoisotopic (exact) mass is 391 g/mol. The van der Waals surface area contributed by atoms with Crippen LogP contribution in [0.15, 0.2) is 0 Å². The summed E-state index contributed by atoms with van der Waals surface area (Å²) < 4.78 is 6.37. The van der Waals surface area contributed by atoms with Crippen molar-refractivity contribution >= 4 is 28.3 Å². The van der Waals surface area contributed by atoms with Gasteiger partial charge in [-0.05, 0) is 25.7 Å². The van der Waals surface area contributed by atoms with Crippen molar-refractivity contribution in [3.05, 3.63) is 5.01 Å². The molecule has 9 heteroatoms. The van der Waals surface area contributed by atoms with Crippen LogP contribution < -0.4 is 11.1 Å². The zero-order valence-corrected chi connectivity index (χ0v) is 16.0. The number of fused-ring (bicyclic) bond motifs is 1. The number of amides is 2. The van der Waals surface area contributed by atoms with Gasteiger partial charge < -0.3 is 20.7 Å². The molecule has 0 unspecified atom stereocenters. The van der Waals surface area contributed by atoms with E-state index in [9.17, 15) is 9.59 Å². The van der Waals surface area contributed by atoms with Gasteiger partial charge in [0.1, 0.15) is 5.01 Å². The number of anilines is 1. The Morgan fingerprint density at radius 2 is 2.19 bits per heavy atom. The van der Waals surface area contributed by atoms with E-state index in [4.69, 9.17) is 10.5 Å². The van der Waals surface area contributed by atoms with Crippen molar-refractivity contribution < 1.29 is 14.3 Å². The third-order valence-corrected chi connectivity index (χ3v) is 7.66. The van der Waals surface area contributed by atoms with Crippen LogP contribution in [0.4, 0.5) is 5.13 Å². The number of hydrogen-bond donors (Lipinski definition) is 2. The number of nitrogen functional groups attached to an aromatic ring is 1. The van der Waals surface area contributed by atoms with Gasteiger partial charge in [-0.1, -0.05) is 17.8 Å². The predicted octanol–water partition coefficient (Wildman–Crippen LogP) is 0.585. The van der Waals surface area contributed by atoms with Crippen LogP contribution in [-0.2, 0) is 20.7 Å². The van der Waals surface area contributed by atoms with E-state index in [2.05, 4.69) is 15.5 Å². The average molecular weight is 391 g/mol. The molecule has 5 rings (SSSR count). The maximum absolute atomic E-state index is 12.7. The van der Waals surface area contributed by atoms with E-state index in [1.54, 1.807) is 0 Å². The Morgan fingerprint density at radius 1 is 1.33 bits per heavy atom. The average Bonchev–Trinajstić information content (AvgIpc) is 3.31.